The Bertz CT molecular complexity index is 1060. The third-order valence-electron chi connectivity index (χ3n) is 3.72. The Morgan fingerprint density at radius 2 is 1.74 bits per heavy atom. The van der Waals surface area contributed by atoms with Crippen LogP contribution in [-0.4, -0.2) is 29.0 Å². The first-order valence-electron chi connectivity index (χ1n) is 7.49. The van der Waals surface area contributed by atoms with Crippen molar-refractivity contribution >= 4 is 44.9 Å². The number of benzene rings is 1. The number of nitrogens with two attached hydrogens (primary N) is 1. The van der Waals surface area contributed by atoms with Gasteiger partial charge in [-0.1, -0.05) is 23.2 Å². The van der Waals surface area contributed by atoms with Crippen LogP contribution in [0.3, 0.4) is 0 Å². The van der Waals surface area contributed by atoms with Crippen molar-refractivity contribution in [2.45, 2.75) is 0 Å². The lowest BCUT2D eigenvalue weighted by atomic mass is 10.2. The second-order valence-corrected chi connectivity index (χ2v) is 6.98. The Balaban J connectivity index is 2.31. The largest absolute Gasteiger partial charge is 0.495 e. The molecule has 0 radical (unpaired) electrons. The Morgan fingerprint density at radius 1 is 1.11 bits per heavy atom. The van der Waals surface area contributed by atoms with Gasteiger partial charge in [-0.25, -0.2) is 4.98 Å². The van der Waals surface area contributed by atoms with E-state index in [1.165, 1.54) is 32.4 Å². The first kappa shape index (κ1) is 19.5. The number of methoxy groups -OCH3 is 2. The highest BCUT2D eigenvalue weighted by Crippen LogP contribution is 2.42. The lowest BCUT2D eigenvalue weighted by Gasteiger charge is -2.16. The van der Waals surface area contributed by atoms with E-state index in [1.54, 1.807) is 12.3 Å². The minimum atomic E-state index is -0.445. The SMILES string of the molecule is COc1cc(OC)c(Cl)c(-n2nc(-c3cc(Br)cnc3N)ccc2=O)c1Cl. The van der Waals surface area contributed by atoms with Gasteiger partial charge in [-0.3, -0.25) is 4.79 Å². The van der Waals surface area contributed by atoms with Gasteiger partial charge in [0.25, 0.3) is 5.56 Å². The van der Waals surface area contributed by atoms with E-state index in [0.29, 0.717) is 15.7 Å². The lowest BCUT2D eigenvalue weighted by Crippen LogP contribution is -2.21. The van der Waals surface area contributed by atoms with Gasteiger partial charge in [-0.2, -0.15) is 9.78 Å². The fourth-order valence-corrected chi connectivity index (χ4v) is 3.42. The monoisotopic (exact) mass is 470 g/mol. The van der Waals surface area contributed by atoms with Crippen molar-refractivity contribution < 1.29 is 9.47 Å². The predicted molar refractivity (Wildman–Crippen MR) is 108 cm³/mol. The average molecular weight is 472 g/mol. The molecule has 3 aromatic rings. The van der Waals surface area contributed by atoms with Gasteiger partial charge < -0.3 is 15.2 Å². The maximum atomic E-state index is 12.5. The quantitative estimate of drug-likeness (QED) is 0.619. The van der Waals surface area contributed by atoms with E-state index >= 15 is 0 Å². The molecule has 1 aromatic carbocycles. The fourth-order valence-electron chi connectivity index (χ4n) is 2.43. The van der Waals surface area contributed by atoms with Crippen LogP contribution in [-0.2, 0) is 0 Å². The molecule has 0 spiro atoms. The summed E-state index contributed by atoms with van der Waals surface area (Å²) < 4.78 is 12.3. The zero-order valence-corrected chi connectivity index (χ0v) is 17.3. The summed E-state index contributed by atoms with van der Waals surface area (Å²) in [4.78, 5) is 16.6. The summed E-state index contributed by atoms with van der Waals surface area (Å²) in [7, 11) is 2.89. The van der Waals surface area contributed by atoms with E-state index in [1.807, 2.05) is 0 Å². The number of halogens is 3. The molecule has 3 rings (SSSR count). The second kappa shape index (κ2) is 7.75. The summed E-state index contributed by atoms with van der Waals surface area (Å²) in [6.07, 6.45) is 1.56. The Labute approximate surface area is 172 Å². The molecule has 10 heteroatoms. The van der Waals surface area contributed by atoms with Crippen LogP contribution in [0.25, 0.3) is 16.9 Å². The van der Waals surface area contributed by atoms with E-state index in [4.69, 9.17) is 38.4 Å². The molecule has 0 aliphatic carbocycles. The highest BCUT2D eigenvalue weighted by atomic mass is 79.9. The summed E-state index contributed by atoms with van der Waals surface area (Å²) in [5.74, 6) is 0.836. The number of nitrogens with zero attached hydrogens (tertiary/aromatic N) is 3. The normalized spacial score (nSPS) is 10.7. The minimum absolute atomic E-state index is 0.121. The van der Waals surface area contributed by atoms with Crippen LogP contribution in [0.4, 0.5) is 5.82 Å². The zero-order chi connectivity index (χ0) is 19.7. The molecule has 0 fully saturated rings. The molecule has 2 aromatic heterocycles. The smallest absolute Gasteiger partial charge is 0.271 e. The molecule has 0 aliphatic rings. The number of hydrogen-bond donors (Lipinski definition) is 1. The maximum absolute atomic E-state index is 12.5. The van der Waals surface area contributed by atoms with E-state index in [-0.39, 0.29) is 33.0 Å². The van der Waals surface area contributed by atoms with Crippen LogP contribution in [0.2, 0.25) is 10.0 Å². The van der Waals surface area contributed by atoms with Gasteiger partial charge >= 0.3 is 0 Å². The molecule has 0 saturated heterocycles. The van der Waals surface area contributed by atoms with E-state index in [9.17, 15) is 4.79 Å². The van der Waals surface area contributed by atoms with Crippen molar-refractivity contribution in [1.82, 2.24) is 14.8 Å². The third-order valence-corrected chi connectivity index (χ3v) is 4.89. The standard InChI is InChI=1S/C17H13BrCl2N4O3/c1-26-11-6-12(27-2)15(20)16(14(11)19)24-13(25)4-3-10(23-24)9-5-8(18)7-22-17(9)21/h3-7H,1-2H3,(H2,21,22). The van der Waals surface area contributed by atoms with Gasteiger partial charge in [0.2, 0.25) is 0 Å². The molecular weight excluding hydrogens is 459 g/mol. The highest BCUT2D eigenvalue weighted by molar-refractivity contribution is 9.10. The number of aromatic nitrogens is 3. The Morgan fingerprint density at radius 3 is 2.33 bits per heavy atom. The van der Waals surface area contributed by atoms with Crippen molar-refractivity contribution in [2.24, 2.45) is 0 Å². The van der Waals surface area contributed by atoms with Gasteiger partial charge in [0, 0.05) is 28.4 Å². The van der Waals surface area contributed by atoms with Gasteiger partial charge in [0.15, 0.2) is 0 Å². The number of hydrogen-bond acceptors (Lipinski definition) is 6. The molecule has 0 atom stereocenters. The van der Waals surface area contributed by atoms with Gasteiger partial charge in [-0.15, -0.1) is 0 Å². The number of rotatable bonds is 4. The second-order valence-electron chi connectivity index (χ2n) is 5.31. The molecule has 0 aliphatic heterocycles. The summed E-state index contributed by atoms with van der Waals surface area (Å²) in [6, 6.07) is 6.15. The third kappa shape index (κ3) is 3.60. The van der Waals surface area contributed by atoms with E-state index in [0.717, 1.165) is 4.68 Å². The van der Waals surface area contributed by atoms with Gasteiger partial charge in [0.05, 0.1) is 19.9 Å². The molecule has 0 unspecified atom stereocenters. The molecule has 7 nitrogen and oxygen atoms in total. The fraction of sp³-hybridized carbons (Fsp3) is 0.118. The van der Waals surface area contributed by atoms with Crippen LogP contribution in [0, 0.1) is 0 Å². The van der Waals surface area contributed by atoms with Crippen LogP contribution >= 0.6 is 39.1 Å². The van der Waals surface area contributed by atoms with E-state index in [2.05, 4.69) is 26.0 Å². The zero-order valence-electron chi connectivity index (χ0n) is 14.2. The van der Waals surface area contributed by atoms with Crippen LogP contribution in [0.15, 0.2) is 39.7 Å². The molecule has 2 N–H and O–H groups in total. The first-order valence-corrected chi connectivity index (χ1v) is 9.04. The summed E-state index contributed by atoms with van der Waals surface area (Å²) in [5.41, 5.74) is 6.60. The van der Waals surface area contributed by atoms with E-state index < -0.39 is 5.56 Å². The molecule has 140 valence electrons. The maximum Gasteiger partial charge on any atom is 0.271 e. The molecule has 0 saturated carbocycles. The summed E-state index contributed by atoms with van der Waals surface area (Å²) in [5, 5.41) is 4.61. The molecule has 0 amide bonds. The summed E-state index contributed by atoms with van der Waals surface area (Å²) in [6.45, 7) is 0. The molecule has 0 bridgehead atoms. The number of anilines is 1. The Hall–Kier alpha value is -2.29. The number of nitrogen functional groups attached to an aromatic ring is 1. The first-order chi connectivity index (χ1) is 12.9. The van der Waals surface area contributed by atoms with Crippen molar-refractivity contribution in [3.8, 4) is 28.4 Å². The van der Waals surface area contributed by atoms with Crippen molar-refractivity contribution in [2.75, 3.05) is 20.0 Å². The van der Waals surface area contributed by atoms with Crippen molar-refractivity contribution in [3.63, 3.8) is 0 Å². The van der Waals surface area contributed by atoms with Gasteiger partial charge in [-0.05, 0) is 28.1 Å². The number of pyridine rings is 1. The van der Waals surface area contributed by atoms with Crippen LogP contribution in [0.1, 0.15) is 0 Å². The van der Waals surface area contributed by atoms with Crippen LogP contribution < -0.4 is 20.8 Å². The number of ether oxygens (including phenoxy) is 2. The van der Waals surface area contributed by atoms with Crippen molar-refractivity contribution in [3.05, 3.63) is 55.3 Å². The highest BCUT2D eigenvalue weighted by Gasteiger charge is 2.21. The minimum Gasteiger partial charge on any atom is -0.495 e. The topological polar surface area (TPSA) is 92.3 Å². The molecule has 2 heterocycles. The predicted octanol–water partition coefficient (Wildman–Crippen LogP) is 3.96. The van der Waals surface area contributed by atoms with Gasteiger partial charge in [0.1, 0.15) is 33.0 Å². The average Bonchev–Trinajstić information content (AvgIpc) is 2.65. The van der Waals surface area contributed by atoms with Crippen molar-refractivity contribution in [1.29, 1.82) is 0 Å². The van der Waals surface area contributed by atoms with Crippen LogP contribution in [0.5, 0.6) is 11.5 Å². The molecular formula is C17H13BrCl2N4O3. The molecule has 27 heavy (non-hydrogen) atoms. The lowest BCUT2D eigenvalue weighted by molar-refractivity contribution is 0.394. The Kier molecular flexibility index (Phi) is 5.59. The summed E-state index contributed by atoms with van der Waals surface area (Å²) >= 11 is 16.1.